The van der Waals surface area contributed by atoms with Crippen LogP contribution < -0.4 is 5.73 Å². The minimum atomic E-state index is -0.388. The number of nitrogens with zero attached hydrogens (tertiary/aromatic N) is 4. The predicted octanol–water partition coefficient (Wildman–Crippen LogP) is 1.89. The van der Waals surface area contributed by atoms with Crippen molar-refractivity contribution in [2.45, 2.75) is 32.9 Å². The second-order valence-corrected chi connectivity index (χ2v) is 5.22. The third-order valence-corrected chi connectivity index (χ3v) is 3.62. The average Bonchev–Trinajstić information content (AvgIpc) is 2.85. The van der Waals surface area contributed by atoms with E-state index in [-0.39, 0.29) is 6.04 Å². The van der Waals surface area contributed by atoms with Crippen LogP contribution in [-0.2, 0) is 17.7 Å². The molecule has 0 spiro atoms. The molecule has 0 bridgehead atoms. The van der Waals surface area contributed by atoms with Gasteiger partial charge in [0.25, 0.3) is 0 Å². The molecule has 21 heavy (non-hydrogen) atoms. The van der Waals surface area contributed by atoms with Crippen LogP contribution in [0.25, 0.3) is 0 Å². The Morgan fingerprint density at radius 3 is 2.86 bits per heavy atom. The Labute approximate surface area is 129 Å². The minimum Gasteiger partial charge on any atom is -0.383 e. The molecule has 6 nitrogen and oxygen atoms in total. The highest BCUT2D eigenvalue weighted by atomic mass is 35.5. The lowest BCUT2D eigenvalue weighted by Gasteiger charge is -2.17. The van der Waals surface area contributed by atoms with Gasteiger partial charge in [0.05, 0.1) is 47.5 Å². The Kier molecular flexibility index (Phi) is 5.27. The third-order valence-electron chi connectivity index (χ3n) is 3.33. The fraction of sp³-hybridized carbons (Fsp3) is 0.500. The molecule has 0 aliphatic carbocycles. The Balaban J connectivity index is 2.42. The maximum absolute atomic E-state index is 6.43. The van der Waals surface area contributed by atoms with Gasteiger partial charge in [-0.25, -0.2) is 0 Å². The normalized spacial score (nSPS) is 12.6. The highest BCUT2D eigenvalue weighted by Gasteiger charge is 2.21. The molecule has 2 rings (SSSR count). The van der Waals surface area contributed by atoms with Crippen LogP contribution in [-0.4, -0.2) is 33.7 Å². The highest BCUT2D eigenvalue weighted by molar-refractivity contribution is 6.31. The average molecular weight is 310 g/mol. The Bertz CT molecular complexity index is 613. The molecule has 2 aromatic rings. The second kappa shape index (κ2) is 6.98. The number of aryl methyl sites for hydroxylation is 2. The predicted molar refractivity (Wildman–Crippen MR) is 81.3 cm³/mol. The molecule has 0 saturated heterocycles. The summed E-state index contributed by atoms with van der Waals surface area (Å²) in [6.45, 7) is 5.07. The van der Waals surface area contributed by atoms with Crippen molar-refractivity contribution in [2.75, 3.05) is 13.7 Å². The lowest BCUT2D eigenvalue weighted by Crippen LogP contribution is -2.21. The van der Waals surface area contributed by atoms with Gasteiger partial charge in [0, 0.05) is 12.7 Å². The van der Waals surface area contributed by atoms with E-state index in [1.165, 1.54) is 0 Å². The molecule has 1 unspecified atom stereocenters. The van der Waals surface area contributed by atoms with Crippen LogP contribution >= 0.6 is 11.6 Å². The number of nitrogens with two attached hydrogens (primary N) is 1. The molecule has 0 fully saturated rings. The van der Waals surface area contributed by atoms with Crippen molar-refractivity contribution in [3.63, 3.8) is 0 Å². The molecular weight excluding hydrogens is 290 g/mol. The van der Waals surface area contributed by atoms with Crippen LogP contribution in [0.3, 0.4) is 0 Å². The molecule has 2 N–H and O–H groups in total. The molecule has 2 heterocycles. The van der Waals surface area contributed by atoms with Crippen LogP contribution in [0.2, 0.25) is 5.02 Å². The van der Waals surface area contributed by atoms with E-state index in [9.17, 15) is 0 Å². The van der Waals surface area contributed by atoms with Gasteiger partial charge in [-0.15, -0.1) is 0 Å². The summed E-state index contributed by atoms with van der Waals surface area (Å²) in [6, 6.07) is 1.57. The number of rotatable bonds is 6. The lowest BCUT2D eigenvalue weighted by atomic mass is 10.0. The molecule has 0 saturated carbocycles. The third kappa shape index (κ3) is 3.40. The van der Waals surface area contributed by atoms with Crippen LogP contribution in [0.1, 0.15) is 35.6 Å². The Morgan fingerprint density at radius 1 is 1.43 bits per heavy atom. The number of methoxy groups -OCH3 is 1. The van der Waals surface area contributed by atoms with Crippen molar-refractivity contribution >= 4 is 11.6 Å². The molecule has 0 aliphatic rings. The van der Waals surface area contributed by atoms with Gasteiger partial charge in [0.15, 0.2) is 0 Å². The molecule has 0 radical (unpaired) electrons. The van der Waals surface area contributed by atoms with Gasteiger partial charge in [-0.1, -0.05) is 18.5 Å². The van der Waals surface area contributed by atoms with Crippen LogP contribution in [0, 0.1) is 6.92 Å². The molecular formula is C14H20ClN5O. The van der Waals surface area contributed by atoms with Gasteiger partial charge < -0.3 is 10.5 Å². The Hall–Kier alpha value is -1.50. The largest absolute Gasteiger partial charge is 0.383 e. The monoisotopic (exact) mass is 309 g/mol. The van der Waals surface area contributed by atoms with Gasteiger partial charge in [-0.3, -0.25) is 4.68 Å². The summed E-state index contributed by atoms with van der Waals surface area (Å²) >= 11 is 6.26. The van der Waals surface area contributed by atoms with Crippen LogP contribution in [0.5, 0.6) is 0 Å². The highest BCUT2D eigenvalue weighted by Crippen LogP contribution is 2.28. The first kappa shape index (κ1) is 15.9. The summed E-state index contributed by atoms with van der Waals surface area (Å²) in [5.74, 6) is 0. The number of ether oxygens (including phenoxy) is 1. The van der Waals surface area contributed by atoms with Gasteiger partial charge in [-0.05, 0) is 19.4 Å². The van der Waals surface area contributed by atoms with Gasteiger partial charge in [0.2, 0.25) is 0 Å². The zero-order chi connectivity index (χ0) is 15.4. The van der Waals surface area contributed by atoms with Crippen molar-refractivity contribution in [3.8, 4) is 0 Å². The number of hydrogen-bond donors (Lipinski definition) is 1. The van der Waals surface area contributed by atoms with Crippen molar-refractivity contribution in [2.24, 2.45) is 5.73 Å². The quantitative estimate of drug-likeness (QED) is 0.881. The van der Waals surface area contributed by atoms with Crippen molar-refractivity contribution in [1.82, 2.24) is 20.0 Å². The summed E-state index contributed by atoms with van der Waals surface area (Å²) in [5, 5.41) is 13.1. The van der Waals surface area contributed by atoms with E-state index < -0.39 is 0 Å². The molecule has 0 aromatic carbocycles. The van der Waals surface area contributed by atoms with Crippen LogP contribution in [0.15, 0.2) is 12.3 Å². The van der Waals surface area contributed by atoms with E-state index >= 15 is 0 Å². The fourth-order valence-electron chi connectivity index (χ4n) is 2.26. The van der Waals surface area contributed by atoms with Crippen molar-refractivity contribution in [1.29, 1.82) is 0 Å². The molecule has 1 atom stereocenters. The zero-order valence-corrected chi connectivity index (χ0v) is 13.3. The molecule has 7 heteroatoms. The van der Waals surface area contributed by atoms with Gasteiger partial charge in [0.1, 0.15) is 0 Å². The summed E-state index contributed by atoms with van der Waals surface area (Å²) in [6.07, 6.45) is 2.37. The molecule has 2 aromatic heterocycles. The topological polar surface area (TPSA) is 78.9 Å². The van der Waals surface area contributed by atoms with Gasteiger partial charge in [-0.2, -0.15) is 15.3 Å². The van der Waals surface area contributed by atoms with E-state index in [0.717, 1.165) is 29.1 Å². The SMILES string of the molecule is CCc1nnc(C)cc1C(N)c1c(Cl)cnn1CCOC. The first-order valence-corrected chi connectivity index (χ1v) is 7.25. The standard InChI is InChI=1S/C14H20ClN5O/c1-4-12-10(7-9(2)18-19-12)13(16)14-11(15)8-17-20(14)5-6-21-3/h7-8,13H,4-6,16H2,1-3H3. The fourth-order valence-corrected chi connectivity index (χ4v) is 2.52. The Morgan fingerprint density at radius 2 is 2.19 bits per heavy atom. The maximum Gasteiger partial charge on any atom is 0.0837 e. The molecule has 0 amide bonds. The summed E-state index contributed by atoms with van der Waals surface area (Å²) in [7, 11) is 1.65. The molecule has 114 valence electrons. The van der Waals surface area contributed by atoms with E-state index in [0.29, 0.717) is 18.2 Å². The summed E-state index contributed by atoms with van der Waals surface area (Å²) in [5.41, 5.74) is 9.84. The number of hydrogen-bond acceptors (Lipinski definition) is 5. The summed E-state index contributed by atoms with van der Waals surface area (Å²) in [4.78, 5) is 0. The van der Waals surface area contributed by atoms with E-state index in [1.807, 2.05) is 19.9 Å². The lowest BCUT2D eigenvalue weighted by molar-refractivity contribution is 0.182. The van der Waals surface area contributed by atoms with Gasteiger partial charge >= 0.3 is 0 Å². The maximum atomic E-state index is 6.43. The zero-order valence-electron chi connectivity index (χ0n) is 12.5. The van der Waals surface area contributed by atoms with Crippen molar-refractivity contribution in [3.05, 3.63) is 39.9 Å². The van der Waals surface area contributed by atoms with Crippen molar-refractivity contribution < 1.29 is 4.74 Å². The first-order valence-electron chi connectivity index (χ1n) is 6.87. The van der Waals surface area contributed by atoms with E-state index in [1.54, 1.807) is 18.0 Å². The van der Waals surface area contributed by atoms with E-state index in [4.69, 9.17) is 22.1 Å². The summed E-state index contributed by atoms with van der Waals surface area (Å²) < 4.78 is 6.88. The first-order chi connectivity index (χ1) is 10.1. The second-order valence-electron chi connectivity index (χ2n) is 4.81. The number of aromatic nitrogens is 4. The molecule has 0 aliphatic heterocycles. The minimum absolute atomic E-state index is 0.388. The number of halogens is 1. The smallest absolute Gasteiger partial charge is 0.0837 e. The van der Waals surface area contributed by atoms with E-state index in [2.05, 4.69) is 15.3 Å². The van der Waals surface area contributed by atoms with Crippen LogP contribution in [0.4, 0.5) is 0 Å².